The fourth-order valence-electron chi connectivity index (χ4n) is 4.56. The average molecular weight is 429 g/mol. The second-order valence-corrected chi connectivity index (χ2v) is 8.55. The van der Waals surface area contributed by atoms with E-state index in [2.05, 4.69) is 28.9 Å². The molecule has 2 aromatic carbocycles. The van der Waals surface area contributed by atoms with Gasteiger partial charge in [-0.05, 0) is 80.6 Å². The molecule has 0 aromatic heterocycles. The first kappa shape index (κ1) is 23.7. The number of likely N-dealkylation sites (tertiary alicyclic amines) is 1. The molecule has 2 aromatic rings. The lowest BCUT2D eigenvalue weighted by Gasteiger charge is -2.35. The Hall–Kier alpha value is -1.95. The predicted molar refractivity (Wildman–Crippen MR) is 124 cm³/mol. The van der Waals surface area contributed by atoms with Gasteiger partial charge in [0.1, 0.15) is 11.6 Å². The summed E-state index contributed by atoms with van der Waals surface area (Å²) in [7, 11) is 0. The van der Waals surface area contributed by atoms with Crippen LogP contribution in [-0.2, 0) is 19.6 Å². The van der Waals surface area contributed by atoms with Gasteiger partial charge in [0.15, 0.2) is 0 Å². The van der Waals surface area contributed by atoms with E-state index in [1.54, 1.807) is 12.1 Å². The van der Waals surface area contributed by atoms with Crippen LogP contribution in [0.3, 0.4) is 0 Å². The zero-order valence-corrected chi connectivity index (χ0v) is 19.0. The van der Waals surface area contributed by atoms with Crippen LogP contribution in [0.2, 0.25) is 0 Å². The van der Waals surface area contributed by atoms with Gasteiger partial charge >= 0.3 is 0 Å². The molecule has 4 nitrogen and oxygen atoms in total. The Labute approximate surface area is 186 Å². The Morgan fingerprint density at radius 3 is 2.77 bits per heavy atom. The molecule has 0 amide bonds. The first-order valence-corrected chi connectivity index (χ1v) is 11.7. The lowest BCUT2D eigenvalue weighted by Crippen LogP contribution is -2.41. The van der Waals surface area contributed by atoms with Crippen LogP contribution in [0.4, 0.5) is 4.39 Å². The molecule has 1 aliphatic rings. The average Bonchev–Trinajstić information content (AvgIpc) is 2.78. The van der Waals surface area contributed by atoms with Crippen molar-refractivity contribution in [2.45, 2.75) is 46.3 Å². The first-order chi connectivity index (χ1) is 15.1. The molecule has 1 saturated heterocycles. The summed E-state index contributed by atoms with van der Waals surface area (Å²) in [4.78, 5) is 5.03. The monoisotopic (exact) mass is 428 g/mol. The Bertz CT molecular complexity index is 814. The first-order valence-electron chi connectivity index (χ1n) is 11.7. The Morgan fingerprint density at radius 1 is 1.16 bits per heavy atom. The molecule has 1 fully saturated rings. The maximum atomic E-state index is 13.4. The number of aliphatic hydroxyl groups is 1. The van der Waals surface area contributed by atoms with E-state index in [-0.39, 0.29) is 12.4 Å². The molecule has 0 bridgehead atoms. The van der Waals surface area contributed by atoms with Crippen LogP contribution >= 0.6 is 0 Å². The van der Waals surface area contributed by atoms with Crippen molar-refractivity contribution in [2.24, 2.45) is 5.92 Å². The Morgan fingerprint density at radius 2 is 2.03 bits per heavy atom. The highest BCUT2D eigenvalue weighted by Gasteiger charge is 2.22. The second kappa shape index (κ2) is 12.2. The highest BCUT2D eigenvalue weighted by Crippen LogP contribution is 2.23. The van der Waals surface area contributed by atoms with Crippen LogP contribution in [0.15, 0.2) is 42.5 Å². The molecular formula is C26H37FN2O2. The summed E-state index contributed by atoms with van der Waals surface area (Å²) in [5.74, 6) is 1.28. The van der Waals surface area contributed by atoms with E-state index in [4.69, 9.17) is 4.74 Å². The summed E-state index contributed by atoms with van der Waals surface area (Å²) in [6, 6.07) is 13.1. The van der Waals surface area contributed by atoms with Gasteiger partial charge in [-0.2, -0.15) is 0 Å². The normalized spacial score (nSPS) is 17.3. The molecule has 3 rings (SSSR count). The Kier molecular flexibility index (Phi) is 9.31. The standard InChI is InChI=1S/C26H37FN2O2/c1-3-28(17-22-10-11-26(31-4-2)24(15-22)20-30)18-23-8-6-13-29(19-23)14-12-21-7-5-9-25(27)16-21/h5,7,9-11,15-16,23,30H,3-4,6,8,12-14,17-20H2,1-2H3. The van der Waals surface area contributed by atoms with Crippen molar-refractivity contribution in [1.82, 2.24) is 9.80 Å². The number of nitrogens with zero attached hydrogens (tertiary/aromatic N) is 2. The highest BCUT2D eigenvalue weighted by atomic mass is 19.1. The molecule has 1 heterocycles. The van der Waals surface area contributed by atoms with Crippen molar-refractivity contribution in [3.63, 3.8) is 0 Å². The molecule has 0 spiro atoms. The third-order valence-corrected chi connectivity index (χ3v) is 6.17. The molecule has 1 unspecified atom stereocenters. The van der Waals surface area contributed by atoms with Gasteiger partial charge in [-0.1, -0.05) is 25.1 Å². The van der Waals surface area contributed by atoms with Gasteiger partial charge in [-0.25, -0.2) is 4.39 Å². The van der Waals surface area contributed by atoms with Gasteiger partial charge in [0, 0.05) is 31.7 Å². The van der Waals surface area contributed by atoms with E-state index in [9.17, 15) is 9.50 Å². The van der Waals surface area contributed by atoms with Crippen molar-refractivity contribution in [1.29, 1.82) is 0 Å². The smallest absolute Gasteiger partial charge is 0.124 e. The molecular weight excluding hydrogens is 391 g/mol. The molecule has 0 aliphatic carbocycles. The van der Waals surface area contributed by atoms with Gasteiger partial charge in [0.05, 0.1) is 13.2 Å². The lowest BCUT2D eigenvalue weighted by molar-refractivity contribution is 0.133. The summed E-state index contributed by atoms with van der Waals surface area (Å²) < 4.78 is 19.0. The van der Waals surface area contributed by atoms with E-state index in [0.717, 1.165) is 62.6 Å². The van der Waals surface area contributed by atoms with Crippen molar-refractivity contribution >= 4 is 0 Å². The van der Waals surface area contributed by atoms with Crippen LogP contribution in [0, 0.1) is 11.7 Å². The zero-order valence-electron chi connectivity index (χ0n) is 19.0. The minimum absolute atomic E-state index is 0.00179. The number of benzene rings is 2. The van der Waals surface area contributed by atoms with Gasteiger partial charge in [0.2, 0.25) is 0 Å². The molecule has 170 valence electrons. The van der Waals surface area contributed by atoms with E-state index in [0.29, 0.717) is 12.5 Å². The summed E-state index contributed by atoms with van der Waals surface area (Å²) in [5, 5.41) is 9.68. The number of hydrogen-bond acceptors (Lipinski definition) is 4. The fraction of sp³-hybridized carbons (Fsp3) is 0.538. The van der Waals surface area contributed by atoms with E-state index < -0.39 is 0 Å². The topological polar surface area (TPSA) is 35.9 Å². The van der Waals surface area contributed by atoms with Gasteiger partial charge in [-0.15, -0.1) is 0 Å². The summed E-state index contributed by atoms with van der Waals surface area (Å²) >= 11 is 0. The molecule has 1 atom stereocenters. The maximum absolute atomic E-state index is 13.4. The number of halogens is 1. The number of hydrogen-bond donors (Lipinski definition) is 1. The van der Waals surface area contributed by atoms with Crippen LogP contribution in [-0.4, -0.2) is 54.2 Å². The van der Waals surface area contributed by atoms with Gasteiger partial charge in [0.25, 0.3) is 0 Å². The molecule has 31 heavy (non-hydrogen) atoms. The SMILES string of the molecule is CCOc1ccc(CN(CC)CC2CCCN(CCc3cccc(F)c3)C2)cc1CO. The van der Waals surface area contributed by atoms with Crippen LogP contribution in [0.5, 0.6) is 5.75 Å². The van der Waals surface area contributed by atoms with Crippen molar-refractivity contribution < 1.29 is 14.2 Å². The van der Waals surface area contributed by atoms with E-state index in [1.165, 1.54) is 24.5 Å². The number of piperidine rings is 1. The van der Waals surface area contributed by atoms with E-state index in [1.807, 2.05) is 19.1 Å². The van der Waals surface area contributed by atoms with Gasteiger partial charge in [-0.3, -0.25) is 4.90 Å². The lowest BCUT2D eigenvalue weighted by atomic mass is 9.96. The van der Waals surface area contributed by atoms with Crippen molar-refractivity contribution in [3.05, 3.63) is 65.0 Å². The minimum atomic E-state index is -0.147. The summed E-state index contributed by atoms with van der Waals surface area (Å²) in [6.07, 6.45) is 3.39. The molecule has 1 aliphatic heterocycles. The quantitative estimate of drug-likeness (QED) is 0.572. The largest absolute Gasteiger partial charge is 0.494 e. The molecule has 0 saturated carbocycles. The summed E-state index contributed by atoms with van der Waals surface area (Å²) in [5.41, 5.74) is 3.15. The number of rotatable bonds is 11. The van der Waals surface area contributed by atoms with Crippen molar-refractivity contribution in [3.8, 4) is 5.75 Å². The summed E-state index contributed by atoms with van der Waals surface area (Å²) in [6.45, 7) is 11.0. The second-order valence-electron chi connectivity index (χ2n) is 8.55. The van der Waals surface area contributed by atoms with Crippen LogP contribution in [0.25, 0.3) is 0 Å². The fourth-order valence-corrected chi connectivity index (χ4v) is 4.56. The van der Waals surface area contributed by atoms with Crippen LogP contribution < -0.4 is 4.74 Å². The van der Waals surface area contributed by atoms with E-state index >= 15 is 0 Å². The highest BCUT2D eigenvalue weighted by molar-refractivity contribution is 5.37. The number of ether oxygens (including phenoxy) is 1. The zero-order chi connectivity index (χ0) is 22.1. The Balaban J connectivity index is 1.52. The predicted octanol–water partition coefficient (Wildman–Crippen LogP) is 4.49. The molecule has 5 heteroatoms. The third-order valence-electron chi connectivity index (χ3n) is 6.17. The minimum Gasteiger partial charge on any atom is -0.494 e. The molecule has 0 radical (unpaired) electrons. The maximum Gasteiger partial charge on any atom is 0.124 e. The van der Waals surface area contributed by atoms with Gasteiger partial charge < -0.3 is 14.7 Å². The number of aliphatic hydroxyl groups excluding tert-OH is 1. The van der Waals surface area contributed by atoms with Crippen molar-refractivity contribution in [2.75, 3.05) is 39.3 Å². The molecule has 1 N–H and O–H groups in total. The third kappa shape index (κ3) is 7.30. The van der Waals surface area contributed by atoms with Crippen LogP contribution in [0.1, 0.15) is 43.4 Å².